The Balaban J connectivity index is 3.16. The molecule has 1 rings (SSSR count). The summed E-state index contributed by atoms with van der Waals surface area (Å²) >= 11 is 0. The molecule has 0 unspecified atom stereocenters. The number of nitrogens with zero attached hydrogens (tertiary/aromatic N) is 2. The Morgan fingerprint density at radius 1 is 1.30 bits per heavy atom. The molecule has 20 heavy (non-hydrogen) atoms. The SMILES string of the molecule is COc1cc(N(CC(=O)O)CC(=O)O)ccc1[N+](=O)[O-]. The summed E-state index contributed by atoms with van der Waals surface area (Å²) in [6.45, 7) is -1.10. The zero-order valence-electron chi connectivity index (χ0n) is 10.5. The van der Waals surface area contributed by atoms with Crippen molar-refractivity contribution in [3.63, 3.8) is 0 Å². The largest absolute Gasteiger partial charge is 0.490 e. The van der Waals surface area contributed by atoms with E-state index in [2.05, 4.69) is 0 Å². The van der Waals surface area contributed by atoms with Crippen LogP contribution in [-0.2, 0) is 9.59 Å². The van der Waals surface area contributed by atoms with Crippen molar-refractivity contribution in [3.05, 3.63) is 28.3 Å². The van der Waals surface area contributed by atoms with E-state index in [0.29, 0.717) is 0 Å². The molecule has 0 aliphatic heterocycles. The summed E-state index contributed by atoms with van der Waals surface area (Å²) < 4.78 is 4.84. The van der Waals surface area contributed by atoms with Crippen molar-refractivity contribution in [2.24, 2.45) is 0 Å². The zero-order valence-corrected chi connectivity index (χ0v) is 10.5. The van der Waals surface area contributed by atoms with Gasteiger partial charge in [0.15, 0.2) is 5.75 Å². The Morgan fingerprint density at radius 3 is 2.25 bits per heavy atom. The van der Waals surface area contributed by atoms with E-state index >= 15 is 0 Å². The molecule has 0 fully saturated rings. The number of rotatable bonds is 7. The van der Waals surface area contributed by atoms with Crippen LogP contribution in [0.4, 0.5) is 11.4 Å². The molecule has 0 saturated carbocycles. The highest BCUT2D eigenvalue weighted by atomic mass is 16.6. The van der Waals surface area contributed by atoms with E-state index < -0.39 is 30.0 Å². The number of nitro benzene ring substituents is 1. The minimum absolute atomic E-state index is 0.0757. The van der Waals surface area contributed by atoms with Crippen molar-refractivity contribution in [2.75, 3.05) is 25.1 Å². The summed E-state index contributed by atoms with van der Waals surface area (Å²) in [7, 11) is 1.23. The van der Waals surface area contributed by atoms with E-state index in [9.17, 15) is 19.7 Å². The number of methoxy groups -OCH3 is 1. The molecule has 9 heteroatoms. The van der Waals surface area contributed by atoms with Gasteiger partial charge in [-0.1, -0.05) is 0 Å². The number of hydrogen-bond donors (Lipinski definition) is 2. The van der Waals surface area contributed by atoms with E-state index in [-0.39, 0.29) is 17.1 Å². The van der Waals surface area contributed by atoms with Crippen LogP contribution in [0.1, 0.15) is 0 Å². The third-order valence-electron chi connectivity index (χ3n) is 2.38. The lowest BCUT2D eigenvalue weighted by Crippen LogP contribution is -2.34. The van der Waals surface area contributed by atoms with E-state index in [4.69, 9.17) is 14.9 Å². The molecule has 0 aromatic heterocycles. The molecule has 0 heterocycles. The number of carboxylic acid groups (broad SMARTS) is 2. The molecule has 0 bridgehead atoms. The van der Waals surface area contributed by atoms with Crippen molar-refractivity contribution in [2.45, 2.75) is 0 Å². The number of aliphatic carboxylic acids is 2. The summed E-state index contributed by atoms with van der Waals surface area (Å²) in [5.41, 5.74) is -0.0842. The van der Waals surface area contributed by atoms with E-state index in [1.54, 1.807) is 0 Å². The van der Waals surface area contributed by atoms with Gasteiger partial charge in [-0.25, -0.2) is 0 Å². The highest BCUT2D eigenvalue weighted by molar-refractivity contribution is 5.80. The summed E-state index contributed by atoms with van der Waals surface area (Å²) in [5.74, 6) is -2.51. The minimum atomic E-state index is -1.22. The molecule has 1 aromatic rings. The van der Waals surface area contributed by atoms with Gasteiger partial charge in [0.05, 0.1) is 12.0 Å². The van der Waals surface area contributed by atoms with E-state index in [0.717, 1.165) is 11.0 Å². The third-order valence-corrected chi connectivity index (χ3v) is 2.38. The van der Waals surface area contributed by atoms with Crippen LogP contribution in [-0.4, -0.2) is 47.3 Å². The number of hydrogen-bond acceptors (Lipinski definition) is 6. The molecule has 0 amide bonds. The fourth-order valence-electron chi connectivity index (χ4n) is 1.58. The Morgan fingerprint density at radius 2 is 1.85 bits per heavy atom. The molecule has 0 aliphatic carbocycles. The molecule has 0 radical (unpaired) electrons. The molecule has 0 aliphatic rings. The average molecular weight is 284 g/mol. The maximum absolute atomic E-state index is 10.7. The predicted molar refractivity (Wildman–Crippen MR) is 67.1 cm³/mol. The van der Waals surface area contributed by atoms with Crippen molar-refractivity contribution in [3.8, 4) is 5.75 Å². The van der Waals surface area contributed by atoms with Gasteiger partial charge >= 0.3 is 17.6 Å². The summed E-state index contributed by atoms with van der Waals surface area (Å²) in [6, 6.07) is 3.63. The van der Waals surface area contributed by atoms with Gasteiger partial charge in [0, 0.05) is 17.8 Å². The van der Waals surface area contributed by atoms with E-state index in [1.165, 1.54) is 19.2 Å². The molecule has 0 saturated heterocycles. The number of anilines is 1. The second-order valence-electron chi connectivity index (χ2n) is 3.76. The summed E-state index contributed by atoms with van der Waals surface area (Å²) in [4.78, 5) is 32.6. The van der Waals surface area contributed by atoms with E-state index in [1.807, 2.05) is 0 Å². The summed E-state index contributed by atoms with van der Waals surface area (Å²) in [6.07, 6.45) is 0. The van der Waals surface area contributed by atoms with Gasteiger partial charge in [0.25, 0.3) is 0 Å². The second kappa shape index (κ2) is 6.36. The van der Waals surface area contributed by atoms with Crippen LogP contribution in [0.5, 0.6) is 5.75 Å². The fourth-order valence-corrected chi connectivity index (χ4v) is 1.58. The lowest BCUT2D eigenvalue weighted by atomic mass is 10.2. The van der Waals surface area contributed by atoms with Crippen LogP contribution >= 0.6 is 0 Å². The number of carbonyl (C=O) groups is 2. The van der Waals surface area contributed by atoms with Gasteiger partial charge in [-0.15, -0.1) is 0 Å². The molecule has 0 spiro atoms. The van der Waals surface area contributed by atoms with Gasteiger partial charge in [0.1, 0.15) is 13.1 Å². The van der Waals surface area contributed by atoms with Crippen LogP contribution in [0.25, 0.3) is 0 Å². The Bertz CT molecular complexity index is 528. The molecular weight excluding hydrogens is 272 g/mol. The molecule has 2 N–H and O–H groups in total. The van der Waals surface area contributed by atoms with Crippen LogP contribution in [0, 0.1) is 10.1 Å². The first-order chi connectivity index (χ1) is 9.35. The number of carboxylic acids is 2. The fraction of sp³-hybridized carbons (Fsp3) is 0.273. The van der Waals surface area contributed by atoms with Crippen molar-refractivity contribution < 1.29 is 29.5 Å². The first-order valence-electron chi connectivity index (χ1n) is 5.36. The molecule has 1 aromatic carbocycles. The maximum Gasteiger partial charge on any atom is 0.323 e. The maximum atomic E-state index is 10.7. The molecule has 9 nitrogen and oxygen atoms in total. The van der Waals surface area contributed by atoms with Crippen LogP contribution in [0.2, 0.25) is 0 Å². The van der Waals surface area contributed by atoms with Crippen molar-refractivity contribution >= 4 is 23.3 Å². The van der Waals surface area contributed by atoms with Crippen LogP contribution < -0.4 is 9.64 Å². The standard InChI is InChI=1S/C11H12N2O7/c1-20-9-4-7(2-3-8(9)13(18)19)12(5-10(14)15)6-11(16)17/h2-4H,5-6H2,1H3,(H,14,15)(H,16,17). The Hall–Kier alpha value is -2.84. The van der Waals surface area contributed by atoms with Gasteiger partial charge in [-0.3, -0.25) is 19.7 Å². The minimum Gasteiger partial charge on any atom is -0.490 e. The smallest absolute Gasteiger partial charge is 0.323 e. The lowest BCUT2D eigenvalue weighted by Gasteiger charge is -2.20. The topological polar surface area (TPSA) is 130 Å². The van der Waals surface area contributed by atoms with Crippen LogP contribution in [0.15, 0.2) is 18.2 Å². The number of ether oxygens (including phenoxy) is 1. The highest BCUT2D eigenvalue weighted by Gasteiger charge is 2.19. The number of benzene rings is 1. The lowest BCUT2D eigenvalue weighted by molar-refractivity contribution is -0.385. The monoisotopic (exact) mass is 284 g/mol. The normalized spacial score (nSPS) is 9.85. The molecular formula is C11H12N2O7. The third kappa shape index (κ3) is 3.83. The van der Waals surface area contributed by atoms with Gasteiger partial charge in [0.2, 0.25) is 0 Å². The second-order valence-corrected chi connectivity index (χ2v) is 3.76. The molecule has 108 valence electrons. The van der Waals surface area contributed by atoms with Gasteiger partial charge < -0.3 is 19.8 Å². The highest BCUT2D eigenvalue weighted by Crippen LogP contribution is 2.31. The average Bonchev–Trinajstić information content (AvgIpc) is 2.35. The molecule has 0 atom stereocenters. The Labute approximate surface area is 113 Å². The number of nitro groups is 1. The van der Waals surface area contributed by atoms with Crippen molar-refractivity contribution in [1.82, 2.24) is 0 Å². The van der Waals surface area contributed by atoms with Gasteiger partial charge in [-0.2, -0.15) is 0 Å². The van der Waals surface area contributed by atoms with Crippen LogP contribution in [0.3, 0.4) is 0 Å². The quantitative estimate of drug-likeness (QED) is 0.549. The Kier molecular flexibility index (Phi) is 4.84. The first-order valence-corrected chi connectivity index (χ1v) is 5.36. The first kappa shape index (κ1) is 15.2. The zero-order chi connectivity index (χ0) is 15.3. The van der Waals surface area contributed by atoms with Crippen molar-refractivity contribution in [1.29, 1.82) is 0 Å². The summed E-state index contributed by atoms with van der Waals surface area (Å²) in [5, 5.41) is 28.2. The predicted octanol–water partition coefficient (Wildman–Crippen LogP) is 0.579. The van der Waals surface area contributed by atoms with Gasteiger partial charge in [-0.05, 0) is 6.07 Å².